The van der Waals surface area contributed by atoms with Crippen LogP contribution in [0.2, 0.25) is 0 Å². The lowest BCUT2D eigenvalue weighted by molar-refractivity contribution is 0.0341. The molecule has 2 fully saturated rings. The van der Waals surface area contributed by atoms with Gasteiger partial charge in [0.15, 0.2) is 0 Å². The molecule has 0 aromatic carbocycles. The zero-order chi connectivity index (χ0) is 10.7. The van der Waals surface area contributed by atoms with E-state index in [0.717, 1.165) is 32.2 Å². The van der Waals surface area contributed by atoms with Crippen molar-refractivity contribution in [3.05, 3.63) is 12.4 Å². The summed E-state index contributed by atoms with van der Waals surface area (Å²) in [4.78, 5) is 4.80. The summed E-state index contributed by atoms with van der Waals surface area (Å²) in [7, 11) is 0. The van der Waals surface area contributed by atoms with E-state index >= 15 is 0 Å². The lowest BCUT2D eigenvalue weighted by Gasteiger charge is -2.40. The summed E-state index contributed by atoms with van der Waals surface area (Å²) in [5, 5.41) is 0. The number of likely N-dealkylation sites (tertiary alicyclic amines) is 1. The van der Waals surface area contributed by atoms with E-state index in [1.165, 1.54) is 31.8 Å². The van der Waals surface area contributed by atoms with Crippen molar-refractivity contribution in [3.8, 4) is 0 Å². The molecule has 0 bridgehead atoms. The summed E-state index contributed by atoms with van der Waals surface area (Å²) in [6, 6.07) is 0. The Balaban J connectivity index is 1.84. The average molecular weight is 210 g/mol. The Morgan fingerprint density at radius 1 is 1.07 bits per heavy atom. The number of piperidine rings is 1. The molecule has 0 atom stereocenters. The Hall–Kier alpha value is -0.700. The fourth-order valence-electron chi connectivity index (χ4n) is 2.29. The molecule has 2 heterocycles. The molecule has 0 N–H and O–H groups in total. The zero-order valence-corrected chi connectivity index (χ0v) is 9.74. The maximum absolute atomic E-state index is 5.35. The second-order valence-corrected chi connectivity index (χ2v) is 4.69. The third-order valence-electron chi connectivity index (χ3n) is 3.52. The van der Waals surface area contributed by atoms with Crippen LogP contribution in [-0.2, 0) is 4.74 Å². The molecule has 0 aromatic heterocycles. The van der Waals surface area contributed by atoms with E-state index in [9.17, 15) is 0 Å². The summed E-state index contributed by atoms with van der Waals surface area (Å²) >= 11 is 0. The first-order valence-corrected chi connectivity index (χ1v) is 6.04. The van der Waals surface area contributed by atoms with Gasteiger partial charge in [-0.3, -0.25) is 0 Å². The predicted molar refractivity (Wildman–Crippen MR) is 61.5 cm³/mol. The van der Waals surface area contributed by atoms with Crippen molar-refractivity contribution in [2.24, 2.45) is 5.92 Å². The highest BCUT2D eigenvalue weighted by Crippen LogP contribution is 2.21. The summed E-state index contributed by atoms with van der Waals surface area (Å²) in [5.74, 6) is 2.10. The SMILES string of the molecule is C=C(N1CCOCC1)N1CCC(C)CC1. The molecular formula is C12H22N2O. The molecule has 3 heteroatoms. The second-order valence-electron chi connectivity index (χ2n) is 4.69. The molecule has 0 aromatic rings. The van der Waals surface area contributed by atoms with Crippen molar-refractivity contribution in [1.82, 2.24) is 9.80 Å². The first kappa shape index (κ1) is 10.8. The van der Waals surface area contributed by atoms with Crippen LogP contribution >= 0.6 is 0 Å². The van der Waals surface area contributed by atoms with E-state index in [4.69, 9.17) is 4.74 Å². The highest BCUT2D eigenvalue weighted by atomic mass is 16.5. The average Bonchev–Trinajstić information content (AvgIpc) is 2.30. The van der Waals surface area contributed by atoms with E-state index < -0.39 is 0 Å². The highest BCUT2D eigenvalue weighted by Gasteiger charge is 2.21. The van der Waals surface area contributed by atoms with Gasteiger partial charge in [0.1, 0.15) is 0 Å². The Labute approximate surface area is 92.7 Å². The first-order chi connectivity index (χ1) is 7.27. The number of hydrogen-bond acceptors (Lipinski definition) is 3. The third-order valence-corrected chi connectivity index (χ3v) is 3.52. The molecule has 2 aliphatic heterocycles. The second kappa shape index (κ2) is 4.88. The van der Waals surface area contributed by atoms with Crippen LogP contribution in [0.4, 0.5) is 0 Å². The Kier molecular flexibility index (Phi) is 3.52. The Morgan fingerprint density at radius 2 is 1.60 bits per heavy atom. The van der Waals surface area contributed by atoms with Crippen LogP contribution in [0.1, 0.15) is 19.8 Å². The molecule has 2 saturated heterocycles. The number of ether oxygens (including phenoxy) is 1. The molecule has 0 radical (unpaired) electrons. The Morgan fingerprint density at radius 3 is 2.20 bits per heavy atom. The van der Waals surface area contributed by atoms with Crippen molar-refractivity contribution in [2.75, 3.05) is 39.4 Å². The lowest BCUT2D eigenvalue weighted by Crippen LogP contribution is -2.44. The van der Waals surface area contributed by atoms with Crippen molar-refractivity contribution < 1.29 is 4.74 Å². The molecule has 2 rings (SSSR count). The van der Waals surface area contributed by atoms with E-state index in [2.05, 4.69) is 23.3 Å². The molecule has 0 unspecified atom stereocenters. The third kappa shape index (κ3) is 2.65. The van der Waals surface area contributed by atoms with Gasteiger partial charge in [-0.1, -0.05) is 13.5 Å². The smallest absolute Gasteiger partial charge is 0.0966 e. The van der Waals surface area contributed by atoms with E-state index in [0.29, 0.717) is 0 Å². The minimum atomic E-state index is 0.850. The molecule has 15 heavy (non-hydrogen) atoms. The van der Waals surface area contributed by atoms with Gasteiger partial charge in [-0.25, -0.2) is 0 Å². The van der Waals surface area contributed by atoms with Crippen molar-refractivity contribution in [2.45, 2.75) is 19.8 Å². The van der Waals surface area contributed by atoms with Crippen molar-refractivity contribution in [1.29, 1.82) is 0 Å². The molecule has 0 amide bonds. The molecule has 0 aliphatic carbocycles. The molecule has 3 nitrogen and oxygen atoms in total. The van der Waals surface area contributed by atoms with Gasteiger partial charge in [-0.05, 0) is 18.8 Å². The molecule has 2 aliphatic rings. The zero-order valence-electron chi connectivity index (χ0n) is 9.74. The minimum Gasteiger partial charge on any atom is -0.378 e. The highest BCUT2D eigenvalue weighted by molar-refractivity contribution is 4.96. The van der Waals surface area contributed by atoms with Crippen molar-refractivity contribution in [3.63, 3.8) is 0 Å². The summed E-state index contributed by atoms with van der Waals surface area (Å²) in [6.45, 7) is 12.6. The molecule has 0 spiro atoms. The van der Waals surface area contributed by atoms with Gasteiger partial charge in [-0.15, -0.1) is 0 Å². The number of nitrogens with zero attached hydrogens (tertiary/aromatic N) is 2. The topological polar surface area (TPSA) is 15.7 Å². The van der Waals surface area contributed by atoms with Crippen molar-refractivity contribution >= 4 is 0 Å². The first-order valence-electron chi connectivity index (χ1n) is 6.04. The molecule has 0 saturated carbocycles. The van der Waals surface area contributed by atoms with Gasteiger partial charge in [0.05, 0.1) is 19.0 Å². The van der Waals surface area contributed by atoms with Crippen LogP contribution < -0.4 is 0 Å². The monoisotopic (exact) mass is 210 g/mol. The standard InChI is InChI=1S/C12H22N2O/c1-11-3-5-13(6-4-11)12(2)14-7-9-15-10-8-14/h11H,2-10H2,1H3. The summed E-state index contributed by atoms with van der Waals surface area (Å²) < 4.78 is 5.35. The summed E-state index contributed by atoms with van der Waals surface area (Å²) in [5.41, 5.74) is 0. The Bertz CT molecular complexity index is 216. The quantitative estimate of drug-likeness (QED) is 0.687. The maximum atomic E-state index is 5.35. The van der Waals surface area contributed by atoms with Gasteiger partial charge >= 0.3 is 0 Å². The number of morpholine rings is 1. The summed E-state index contributed by atoms with van der Waals surface area (Å²) in [6.07, 6.45) is 2.62. The number of rotatable bonds is 2. The molecule has 86 valence electrons. The lowest BCUT2D eigenvalue weighted by atomic mass is 9.99. The van der Waals surface area contributed by atoms with Crippen LogP contribution in [0.3, 0.4) is 0 Å². The number of hydrogen-bond donors (Lipinski definition) is 0. The van der Waals surface area contributed by atoms with Crippen LogP contribution in [0.15, 0.2) is 12.4 Å². The van der Waals surface area contributed by atoms with Crippen LogP contribution in [0.5, 0.6) is 0 Å². The van der Waals surface area contributed by atoms with Gasteiger partial charge in [0, 0.05) is 26.2 Å². The van der Waals surface area contributed by atoms with E-state index in [-0.39, 0.29) is 0 Å². The van der Waals surface area contributed by atoms with E-state index in [1.807, 2.05) is 0 Å². The predicted octanol–water partition coefficient (Wildman–Crippen LogP) is 1.52. The van der Waals surface area contributed by atoms with Crippen LogP contribution in [-0.4, -0.2) is 49.2 Å². The fourth-order valence-corrected chi connectivity index (χ4v) is 2.29. The van der Waals surface area contributed by atoms with Gasteiger partial charge in [-0.2, -0.15) is 0 Å². The molecular weight excluding hydrogens is 188 g/mol. The normalized spacial score (nSPS) is 24.3. The largest absolute Gasteiger partial charge is 0.378 e. The van der Waals surface area contributed by atoms with Crippen LogP contribution in [0, 0.1) is 5.92 Å². The van der Waals surface area contributed by atoms with Gasteiger partial charge in [0.25, 0.3) is 0 Å². The maximum Gasteiger partial charge on any atom is 0.0966 e. The fraction of sp³-hybridized carbons (Fsp3) is 0.833. The van der Waals surface area contributed by atoms with Crippen LogP contribution in [0.25, 0.3) is 0 Å². The van der Waals surface area contributed by atoms with E-state index in [1.54, 1.807) is 0 Å². The minimum absolute atomic E-state index is 0.850. The van der Waals surface area contributed by atoms with Gasteiger partial charge in [0.2, 0.25) is 0 Å². The van der Waals surface area contributed by atoms with Gasteiger partial charge < -0.3 is 14.5 Å².